The van der Waals surface area contributed by atoms with Gasteiger partial charge in [0.25, 0.3) is 5.91 Å². The molecule has 2 saturated heterocycles. The van der Waals surface area contributed by atoms with Gasteiger partial charge in [0.1, 0.15) is 11.6 Å². The van der Waals surface area contributed by atoms with Crippen LogP contribution in [0.5, 0.6) is 0 Å². The van der Waals surface area contributed by atoms with Gasteiger partial charge in [-0.05, 0) is 67.9 Å². The van der Waals surface area contributed by atoms with Crippen molar-refractivity contribution in [2.24, 2.45) is 5.92 Å². The van der Waals surface area contributed by atoms with Crippen molar-refractivity contribution >= 4 is 17.7 Å². The Morgan fingerprint density at radius 3 is 2.47 bits per heavy atom. The molecule has 0 radical (unpaired) electrons. The van der Waals surface area contributed by atoms with E-state index in [-0.39, 0.29) is 23.6 Å². The first kappa shape index (κ1) is 31.1. The molecule has 5 rings (SSSR count). The molecule has 9 heteroatoms. The fourth-order valence-corrected chi connectivity index (χ4v) is 7.07. The summed E-state index contributed by atoms with van der Waals surface area (Å²) in [5.74, 6) is -0.215. The zero-order chi connectivity index (χ0) is 30.4. The van der Waals surface area contributed by atoms with Crippen LogP contribution in [0.25, 0.3) is 0 Å². The van der Waals surface area contributed by atoms with E-state index >= 15 is 0 Å². The van der Waals surface area contributed by atoms with E-state index in [1.165, 1.54) is 6.42 Å². The number of rotatable bonds is 10. The van der Waals surface area contributed by atoms with Crippen molar-refractivity contribution in [1.29, 1.82) is 0 Å². The highest BCUT2D eigenvalue weighted by atomic mass is 16.3. The molecule has 3 heterocycles. The van der Waals surface area contributed by atoms with Crippen LogP contribution in [0.3, 0.4) is 0 Å². The number of aliphatic hydroxyl groups excluding tert-OH is 1. The molecule has 2 N–H and O–H groups in total. The van der Waals surface area contributed by atoms with Crippen molar-refractivity contribution in [3.63, 3.8) is 0 Å². The number of carbonyl (C=O) groups excluding carboxylic acids is 3. The first-order valence-corrected chi connectivity index (χ1v) is 16.1. The third kappa shape index (κ3) is 6.93. The Morgan fingerprint density at radius 2 is 1.81 bits per heavy atom. The molecule has 0 unspecified atom stereocenters. The lowest BCUT2D eigenvalue weighted by Crippen LogP contribution is -2.75. The van der Waals surface area contributed by atoms with Gasteiger partial charge >= 0.3 is 0 Å². The Bertz CT molecular complexity index is 1240. The second kappa shape index (κ2) is 14.0. The van der Waals surface area contributed by atoms with Crippen LogP contribution in [0, 0.1) is 5.92 Å². The summed E-state index contributed by atoms with van der Waals surface area (Å²) in [5.41, 5.74) is 1.71. The lowest BCUT2D eigenvalue weighted by Gasteiger charge is -2.52. The third-order valence-corrected chi connectivity index (χ3v) is 9.73. The molecule has 2 aromatic rings. The average molecular weight is 590 g/mol. The van der Waals surface area contributed by atoms with Gasteiger partial charge < -0.3 is 20.2 Å². The SMILES string of the molecule is CCCCN1C(=O)[C@@H]([C@H](O)C2CCCCC2)NC(=O)C12CCN(Cc1ccc(C(=O)N(C)Cc3ccccn3)cc1)CC2. The number of amides is 3. The second-order valence-electron chi connectivity index (χ2n) is 12.7. The Kier molecular flexibility index (Phi) is 10.1. The van der Waals surface area contributed by atoms with Crippen LogP contribution in [0.1, 0.15) is 86.3 Å². The largest absolute Gasteiger partial charge is 0.390 e. The van der Waals surface area contributed by atoms with E-state index in [0.717, 1.165) is 49.8 Å². The number of carbonyl (C=O) groups is 3. The zero-order valence-electron chi connectivity index (χ0n) is 25.7. The van der Waals surface area contributed by atoms with E-state index in [9.17, 15) is 19.5 Å². The number of hydrogen-bond donors (Lipinski definition) is 2. The number of hydrogen-bond acceptors (Lipinski definition) is 6. The fourth-order valence-electron chi connectivity index (χ4n) is 7.07. The van der Waals surface area contributed by atoms with Crippen LogP contribution in [0.4, 0.5) is 0 Å². The molecule has 0 bridgehead atoms. The van der Waals surface area contributed by atoms with Gasteiger partial charge in [0.2, 0.25) is 11.8 Å². The van der Waals surface area contributed by atoms with E-state index < -0.39 is 17.7 Å². The first-order chi connectivity index (χ1) is 20.8. The highest BCUT2D eigenvalue weighted by molar-refractivity contribution is 6.00. The number of pyridine rings is 1. The Morgan fingerprint density at radius 1 is 1.09 bits per heavy atom. The molecule has 3 aliphatic rings. The van der Waals surface area contributed by atoms with Crippen LogP contribution in [-0.4, -0.2) is 86.9 Å². The van der Waals surface area contributed by atoms with Gasteiger partial charge in [0.15, 0.2) is 0 Å². The van der Waals surface area contributed by atoms with E-state index in [2.05, 4.69) is 22.1 Å². The Balaban J connectivity index is 1.20. The number of aliphatic hydroxyl groups is 1. The van der Waals surface area contributed by atoms with Gasteiger partial charge in [-0.15, -0.1) is 0 Å². The maximum Gasteiger partial charge on any atom is 0.253 e. The van der Waals surface area contributed by atoms with Crippen molar-refractivity contribution in [2.75, 3.05) is 26.7 Å². The molecule has 1 saturated carbocycles. The minimum absolute atomic E-state index is 0.0517. The average Bonchev–Trinajstić information content (AvgIpc) is 3.04. The Labute approximate surface area is 255 Å². The summed E-state index contributed by atoms with van der Waals surface area (Å²) in [5, 5.41) is 14.2. The maximum atomic E-state index is 13.8. The van der Waals surface area contributed by atoms with Gasteiger partial charge in [-0.2, -0.15) is 0 Å². The van der Waals surface area contributed by atoms with Crippen LogP contribution in [-0.2, 0) is 22.7 Å². The van der Waals surface area contributed by atoms with Crippen molar-refractivity contribution in [3.05, 3.63) is 65.5 Å². The zero-order valence-corrected chi connectivity index (χ0v) is 25.7. The van der Waals surface area contributed by atoms with Crippen molar-refractivity contribution in [3.8, 4) is 0 Å². The summed E-state index contributed by atoms with van der Waals surface area (Å²) in [6.45, 7) is 5.17. The number of nitrogens with one attached hydrogen (secondary N) is 1. The minimum atomic E-state index is -0.861. The van der Waals surface area contributed by atoms with E-state index in [1.807, 2.05) is 47.4 Å². The monoisotopic (exact) mass is 589 g/mol. The van der Waals surface area contributed by atoms with Crippen LogP contribution < -0.4 is 5.32 Å². The lowest BCUT2D eigenvalue weighted by atomic mass is 9.78. The number of benzene rings is 1. The molecule has 1 aromatic carbocycles. The number of aromatic nitrogens is 1. The summed E-state index contributed by atoms with van der Waals surface area (Å²) in [6, 6.07) is 12.6. The molecular formula is C34H47N5O4. The maximum absolute atomic E-state index is 13.8. The molecule has 2 aliphatic heterocycles. The van der Waals surface area contributed by atoms with Crippen molar-refractivity contribution < 1.29 is 19.5 Å². The molecular weight excluding hydrogens is 542 g/mol. The van der Waals surface area contributed by atoms with Crippen molar-refractivity contribution in [2.45, 2.75) is 95.5 Å². The van der Waals surface area contributed by atoms with Crippen LogP contribution >= 0.6 is 0 Å². The quantitative estimate of drug-likeness (QED) is 0.437. The number of unbranched alkanes of at least 4 members (excludes halogenated alkanes) is 1. The van der Waals surface area contributed by atoms with Gasteiger partial charge in [0.05, 0.1) is 18.3 Å². The standard InChI is InChI=1S/C34H47N5O4/c1-3-4-20-39-32(42)29(30(40)26-10-6-5-7-11-26)36-33(43)34(39)17-21-38(22-18-34)23-25-13-15-27(16-14-25)31(41)37(2)24-28-12-8-9-19-35-28/h8-9,12-16,19,26,29-30,40H,3-7,10-11,17-18,20-24H2,1-2H3,(H,36,43)/t29-,30-/m1/s1. The van der Waals surface area contributed by atoms with Gasteiger partial charge in [-0.1, -0.05) is 50.8 Å². The second-order valence-corrected chi connectivity index (χ2v) is 12.7. The molecule has 1 spiro atoms. The molecule has 3 amide bonds. The van der Waals surface area contributed by atoms with Crippen LogP contribution in [0.15, 0.2) is 48.7 Å². The molecule has 3 fully saturated rings. The van der Waals surface area contributed by atoms with E-state index in [1.54, 1.807) is 18.1 Å². The number of piperazine rings is 1. The molecule has 1 aliphatic carbocycles. The number of likely N-dealkylation sites (tertiary alicyclic amines) is 1. The summed E-state index contributed by atoms with van der Waals surface area (Å²) < 4.78 is 0. The smallest absolute Gasteiger partial charge is 0.253 e. The van der Waals surface area contributed by atoms with Gasteiger partial charge in [-0.3, -0.25) is 24.3 Å². The first-order valence-electron chi connectivity index (χ1n) is 16.1. The third-order valence-electron chi connectivity index (χ3n) is 9.73. The lowest BCUT2D eigenvalue weighted by molar-refractivity contribution is -0.166. The summed E-state index contributed by atoms with van der Waals surface area (Å²) in [6.07, 6.45) is 8.91. The highest BCUT2D eigenvalue weighted by Crippen LogP contribution is 2.36. The molecule has 2 atom stereocenters. The van der Waals surface area contributed by atoms with Crippen molar-refractivity contribution in [1.82, 2.24) is 25.0 Å². The van der Waals surface area contributed by atoms with Crippen LogP contribution in [0.2, 0.25) is 0 Å². The van der Waals surface area contributed by atoms with Gasteiger partial charge in [0, 0.05) is 45.0 Å². The number of piperidine rings is 1. The highest BCUT2D eigenvalue weighted by Gasteiger charge is 2.55. The van der Waals surface area contributed by atoms with E-state index in [4.69, 9.17) is 0 Å². The summed E-state index contributed by atoms with van der Waals surface area (Å²) >= 11 is 0. The van der Waals surface area contributed by atoms with E-state index in [0.29, 0.717) is 51.1 Å². The predicted octanol–water partition coefficient (Wildman–Crippen LogP) is 3.76. The summed E-state index contributed by atoms with van der Waals surface area (Å²) in [7, 11) is 1.78. The predicted molar refractivity (Wildman–Crippen MR) is 165 cm³/mol. The topological polar surface area (TPSA) is 106 Å². The van der Waals surface area contributed by atoms with Gasteiger partial charge in [-0.25, -0.2) is 0 Å². The molecule has 232 valence electrons. The Hall–Kier alpha value is -3.30. The fraction of sp³-hybridized carbons (Fsp3) is 0.588. The molecule has 43 heavy (non-hydrogen) atoms. The number of nitrogens with zero attached hydrogens (tertiary/aromatic N) is 4. The normalized spacial score (nSPS) is 21.9. The summed E-state index contributed by atoms with van der Waals surface area (Å²) in [4.78, 5) is 50.7. The minimum Gasteiger partial charge on any atom is -0.390 e. The molecule has 1 aromatic heterocycles. The molecule has 9 nitrogen and oxygen atoms in total.